The van der Waals surface area contributed by atoms with Gasteiger partial charge in [0.15, 0.2) is 5.78 Å². The number of amides is 2. The zero-order chi connectivity index (χ0) is 21.6. The minimum Gasteiger partial charge on any atom is -0.480 e. The molecule has 1 aromatic rings. The maximum atomic E-state index is 12.6. The molecule has 0 aliphatic carbocycles. The molecule has 2 amide bonds. The zero-order valence-corrected chi connectivity index (χ0v) is 16.5. The van der Waals surface area contributed by atoms with Crippen LogP contribution >= 0.6 is 0 Å². The Hall–Kier alpha value is -2.78. The van der Waals surface area contributed by atoms with E-state index >= 15 is 0 Å². The highest BCUT2D eigenvalue weighted by molar-refractivity contribution is 6.03. The van der Waals surface area contributed by atoms with E-state index in [0.717, 1.165) is 12.0 Å². The average molecular weight is 407 g/mol. The molecule has 0 aliphatic heterocycles. The highest BCUT2D eigenvalue weighted by Gasteiger charge is 2.30. The molecule has 1 rings (SSSR count). The number of hydrogen-bond donors (Lipinski definition) is 5. The number of carbonyl (C=O) groups is 4. The largest absolute Gasteiger partial charge is 0.480 e. The van der Waals surface area contributed by atoms with Crippen molar-refractivity contribution in [3.63, 3.8) is 0 Å². The smallest absolute Gasteiger partial charge is 0.326 e. The maximum absolute atomic E-state index is 12.6. The van der Waals surface area contributed by atoms with Gasteiger partial charge in [0.05, 0.1) is 12.5 Å². The Kier molecular flexibility index (Phi) is 11.2. The number of carboxylic acid groups (broad SMARTS) is 1. The number of carboxylic acids is 1. The third-order valence-electron chi connectivity index (χ3n) is 4.32. The van der Waals surface area contributed by atoms with Crippen LogP contribution in [0.2, 0.25) is 0 Å². The monoisotopic (exact) mass is 407 g/mol. The molecule has 0 saturated carbocycles. The number of Topliss-reactive ketones (excluding diaryl/α,β-unsaturated/α-hetero) is 1. The zero-order valence-electron chi connectivity index (χ0n) is 16.5. The molecular formula is C20H29N3O6. The van der Waals surface area contributed by atoms with Gasteiger partial charge in [0.2, 0.25) is 11.8 Å². The van der Waals surface area contributed by atoms with Gasteiger partial charge in [0.25, 0.3) is 0 Å². The van der Waals surface area contributed by atoms with Gasteiger partial charge in [0.1, 0.15) is 6.04 Å². The predicted octanol–water partition coefficient (Wildman–Crippen LogP) is 0.659. The molecule has 0 aromatic heterocycles. The topological polar surface area (TPSA) is 145 Å². The van der Waals surface area contributed by atoms with Crippen LogP contribution in [0.15, 0.2) is 30.3 Å². The lowest BCUT2D eigenvalue weighted by molar-refractivity contribution is -0.144. The van der Waals surface area contributed by atoms with Crippen molar-refractivity contribution in [1.29, 1.82) is 0 Å². The molecular weight excluding hydrogens is 378 g/mol. The van der Waals surface area contributed by atoms with Crippen molar-refractivity contribution < 1.29 is 29.5 Å². The van der Waals surface area contributed by atoms with E-state index in [-0.39, 0.29) is 31.6 Å². The summed E-state index contributed by atoms with van der Waals surface area (Å²) < 4.78 is 0. The first kappa shape index (κ1) is 24.3. The van der Waals surface area contributed by atoms with Crippen molar-refractivity contribution in [2.75, 3.05) is 13.1 Å². The van der Waals surface area contributed by atoms with E-state index in [9.17, 15) is 24.3 Å². The molecule has 1 unspecified atom stereocenters. The van der Waals surface area contributed by atoms with Crippen LogP contribution in [-0.4, -0.2) is 53.0 Å². The summed E-state index contributed by atoms with van der Waals surface area (Å²) in [4.78, 5) is 48.1. The summed E-state index contributed by atoms with van der Waals surface area (Å²) in [7, 11) is 0. The number of hydroxylamine groups is 1. The lowest BCUT2D eigenvalue weighted by Gasteiger charge is -2.20. The summed E-state index contributed by atoms with van der Waals surface area (Å²) in [5.41, 5.74) is 2.45. The molecule has 2 atom stereocenters. The Morgan fingerprint density at radius 2 is 1.79 bits per heavy atom. The van der Waals surface area contributed by atoms with Crippen LogP contribution in [0.25, 0.3) is 0 Å². The van der Waals surface area contributed by atoms with Crippen molar-refractivity contribution in [3.05, 3.63) is 35.9 Å². The van der Waals surface area contributed by atoms with Gasteiger partial charge in [-0.05, 0) is 24.8 Å². The lowest BCUT2D eigenvalue weighted by Crippen LogP contribution is -2.47. The number of nitrogens with one attached hydrogen (secondary N) is 3. The highest BCUT2D eigenvalue weighted by atomic mass is 16.5. The van der Waals surface area contributed by atoms with E-state index < -0.39 is 36.2 Å². The molecule has 0 spiro atoms. The molecule has 5 N–H and O–H groups in total. The van der Waals surface area contributed by atoms with Gasteiger partial charge in [-0.15, -0.1) is 0 Å². The molecule has 0 bridgehead atoms. The first-order valence-corrected chi connectivity index (χ1v) is 9.62. The molecule has 0 heterocycles. The van der Waals surface area contributed by atoms with Gasteiger partial charge in [-0.1, -0.05) is 37.3 Å². The van der Waals surface area contributed by atoms with Crippen LogP contribution < -0.4 is 16.1 Å². The molecule has 0 saturated heterocycles. The average Bonchev–Trinajstić information content (AvgIpc) is 2.69. The number of hydrogen-bond acceptors (Lipinski definition) is 6. The number of rotatable bonds is 14. The Balaban J connectivity index is 2.74. The summed E-state index contributed by atoms with van der Waals surface area (Å²) in [5.74, 6) is -3.87. The third-order valence-corrected chi connectivity index (χ3v) is 4.32. The van der Waals surface area contributed by atoms with Crippen LogP contribution in [0.5, 0.6) is 0 Å². The van der Waals surface area contributed by atoms with E-state index in [1.807, 2.05) is 6.92 Å². The first-order chi connectivity index (χ1) is 13.9. The van der Waals surface area contributed by atoms with Crippen LogP contribution in [0.4, 0.5) is 0 Å². The summed E-state index contributed by atoms with van der Waals surface area (Å²) >= 11 is 0. The molecule has 9 heteroatoms. The molecule has 0 radical (unpaired) electrons. The van der Waals surface area contributed by atoms with Gasteiger partial charge in [-0.3, -0.25) is 14.4 Å². The normalized spacial score (nSPS) is 12.6. The van der Waals surface area contributed by atoms with Crippen molar-refractivity contribution >= 4 is 23.6 Å². The molecule has 9 nitrogen and oxygen atoms in total. The minimum absolute atomic E-state index is 0.0699. The number of ketones is 1. The van der Waals surface area contributed by atoms with E-state index in [4.69, 9.17) is 5.21 Å². The Morgan fingerprint density at radius 3 is 2.38 bits per heavy atom. The fourth-order valence-corrected chi connectivity index (χ4v) is 2.78. The quantitative estimate of drug-likeness (QED) is 0.225. The highest BCUT2D eigenvalue weighted by Crippen LogP contribution is 2.12. The van der Waals surface area contributed by atoms with Crippen LogP contribution in [0.1, 0.15) is 38.2 Å². The van der Waals surface area contributed by atoms with Gasteiger partial charge in [-0.2, -0.15) is 5.48 Å². The maximum Gasteiger partial charge on any atom is 0.326 e. The van der Waals surface area contributed by atoms with Crippen LogP contribution in [-0.2, 0) is 25.6 Å². The van der Waals surface area contributed by atoms with E-state index in [0.29, 0.717) is 6.54 Å². The fraction of sp³-hybridized carbons (Fsp3) is 0.500. The Labute approximate surface area is 169 Å². The molecule has 0 aliphatic rings. The van der Waals surface area contributed by atoms with Gasteiger partial charge in [0, 0.05) is 19.4 Å². The predicted molar refractivity (Wildman–Crippen MR) is 105 cm³/mol. The molecule has 29 heavy (non-hydrogen) atoms. The molecule has 160 valence electrons. The summed E-state index contributed by atoms with van der Waals surface area (Å²) in [5, 5.41) is 23.3. The summed E-state index contributed by atoms with van der Waals surface area (Å²) in [6.07, 6.45) is 1.37. The lowest BCUT2D eigenvalue weighted by atomic mass is 9.95. The van der Waals surface area contributed by atoms with Crippen molar-refractivity contribution in [3.8, 4) is 0 Å². The van der Waals surface area contributed by atoms with Gasteiger partial charge in [-0.25, -0.2) is 4.79 Å². The van der Waals surface area contributed by atoms with Gasteiger partial charge >= 0.3 is 5.97 Å². The molecule has 1 aromatic carbocycles. The summed E-state index contributed by atoms with van der Waals surface area (Å²) in [6.45, 7) is 2.03. The second-order valence-corrected chi connectivity index (χ2v) is 6.69. The van der Waals surface area contributed by atoms with E-state index in [2.05, 4.69) is 10.6 Å². The standard InChI is InChI=1S/C20H29N3O6/c1-2-11-21-18(25)10-6-9-15(17(24)13-22-29)19(26)23-16(20(27)28)12-14-7-4-3-5-8-14/h3-5,7-8,15-16,22,29H,2,6,9-13H2,1H3,(H,21,25)(H,23,26)(H,27,28)/t15-,16?/m1/s1. The Morgan fingerprint density at radius 1 is 1.10 bits per heavy atom. The number of carbonyl (C=O) groups excluding carboxylic acids is 3. The van der Waals surface area contributed by atoms with Crippen molar-refractivity contribution in [1.82, 2.24) is 16.1 Å². The minimum atomic E-state index is -1.22. The second kappa shape index (κ2) is 13.4. The Bertz CT molecular complexity index is 680. The van der Waals surface area contributed by atoms with Crippen LogP contribution in [0.3, 0.4) is 0 Å². The van der Waals surface area contributed by atoms with E-state index in [1.54, 1.807) is 35.8 Å². The van der Waals surface area contributed by atoms with E-state index in [1.165, 1.54) is 0 Å². The third kappa shape index (κ3) is 9.31. The SMILES string of the molecule is CCCNC(=O)CCC[C@H](C(=O)CNO)C(=O)NC(Cc1ccccc1)C(=O)O. The van der Waals surface area contributed by atoms with Crippen molar-refractivity contribution in [2.24, 2.45) is 5.92 Å². The number of aliphatic carboxylic acids is 1. The number of benzene rings is 1. The van der Waals surface area contributed by atoms with Crippen molar-refractivity contribution in [2.45, 2.75) is 45.1 Å². The van der Waals surface area contributed by atoms with Gasteiger partial charge < -0.3 is 20.9 Å². The first-order valence-electron chi connectivity index (χ1n) is 9.62. The fourth-order valence-electron chi connectivity index (χ4n) is 2.78. The van der Waals surface area contributed by atoms with Crippen LogP contribution in [0, 0.1) is 5.92 Å². The second-order valence-electron chi connectivity index (χ2n) is 6.69. The summed E-state index contributed by atoms with van der Waals surface area (Å²) in [6, 6.07) is 7.61. The molecule has 0 fully saturated rings.